The van der Waals surface area contributed by atoms with Gasteiger partial charge in [0.25, 0.3) is 5.91 Å². The molecule has 1 aliphatic rings. The fourth-order valence-electron chi connectivity index (χ4n) is 2.96. The molecule has 0 radical (unpaired) electrons. The molecule has 0 unspecified atom stereocenters. The zero-order valence-electron chi connectivity index (χ0n) is 14.7. The lowest BCUT2D eigenvalue weighted by Crippen LogP contribution is -2.42. The minimum atomic E-state index is -0.131. The van der Waals surface area contributed by atoms with Gasteiger partial charge in [-0.2, -0.15) is 5.26 Å². The Hall–Kier alpha value is -2.55. The van der Waals surface area contributed by atoms with Gasteiger partial charge in [-0.15, -0.1) is 0 Å². The number of benzene rings is 1. The van der Waals surface area contributed by atoms with Gasteiger partial charge in [0.1, 0.15) is 12.2 Å². The highest BCUT2D eigenvalue weighted by atomic mass is 16.5. The fourth-order valence-corrected chi connectivity index (χ4v) is 2.96. The molecule has 0 atom stereocenters. The zero-order valence-corrected chi connectivity index (χ0v) is 14.7. The summed E-state index contributed by atoms with van der Waals surface area (Å²) in [5.41, 5.74) is 1.09. The van der Waals surface area contributed by atoms with Crippen LogP contribution in [0.1, 0.15) is 31.7 Å². The van der Waals surface area contributed by atoms with Gasteiger partial charge in [0.15, 0.2) is 6.61 Å². The molecule has 1 aromatic rings. The lowest BCUT2D eigenvalue weighted by atomic mass is 9.96. The third-order valence-electron chi connectivity index (χ3n) is 4.50. The highest BCUT2D eigenvalue weighted by Gasteiger charge is 2.22. The van der Waals surface area contributed by atoms with Crippen molar-refractivity contribution < 1.29 is 14.3 Å². The van der Waals surface area contributed by atoms with Crippen molar-refractivity contribution in [2.24, 2.45) is 5.92 Å². The van der Waals surface area contributed by atoms with Crippen LogP contribution in [0.15, 0.2) is 24.3 Å². The first-order valence-corrected chi connectivity index (χ1v) is 8.76. The van der Waals surface area contributed by atoms with E-state index in [9.17, 15) is 9.59 Å². The Bertz CT molecular complexity index is 631. The van der Waals surface area contributed by atoms with Gasteiger partial charge in [0, 0.05) is 19.6 Å². The molecule has 1 N–H and O–H groups in total. The van der Waals surface area contributed by atoms with Crippen LogP contribution in [0.4, 0.5) is 0 Å². The fraction of sp³-hybridized carbons (Fsp3) is 0.526. The minimum absolute atomic E-state index is 0.0104. The third kappa shape index (κ3) is 5.79. The van der Waals surface area contributed by atoms with Crippen molar-refractivity contribution in [2.75, 3.05) is 26.2 Å². The molecule has 2 rings (SSSR count). The molecule has 0 aliphatic carbocycles. The first-order valence-electron chi connectivity index (χ1n) is 8.76. The van der Waals surface area contributed by atoms with Crippen LogP contribution >= 0.6 is 0 Å². The Labute approximate surface area is 148 Å². The van der Waals surface area contributed by atoms with Gasteiger partial charge in [-0.25, -0.2) is 0 Å². The van der Waals surface area contributed by atoms with Crippen molar-refractivity contribution in [3.05, 3.63) is 29.8 Å². The van der Waals surface area contributed by atoms with Crippen LogP contribution in [0.25, 0.3) is 0 Å². The molecule has 0 saturated carbocycles. The van der Waals surface area contributed by atoms with Crippen LogP contribution in [0, 0.1) is 17.2 Å². The van der Waals surface area contributed by atoms with E-state index in [1.54, 1.807) is 4.90 Å². The Morgan fingerprint density at radius 3 is 2.72 bits per heavy atom. The van der Waals surface area contributed by atoms with Gasteiger partial charge in [-0.05, 0) is 36.8 Å². The van der Waals surface area contributed by atoms with Gasteiger partial charge in [0.2, 0.25) is 5.91 Å². The van der Waals surface area contributed by atoms with Gasteiger partial charge >= 0.3 is 0 Å². The standard InChI is InChI=1S/C19H25N3O3/c1-2-16-5-3-4-6-17(16)25-14-18(23)21-13-15-8-11-22(12-9-15)19(24)7-10-20/h3-6,15H,2,7-9,11-14H2,1H3,(H,21,23). The molecule has 0 spiro atoms. The van der Waals surface area contributed by atoms with E-state index in [0.717, 1.165) is 30.6 Å². The monoisotopic (exact) mass is 343 g/mol. The Morgan fingerprint density at radius 2 is 2.04 bits per heavy atom. The lowest BCUT2D eigenvalue weighted by molar-refractivity contribution is -0.131. The van der Waals surface area contributed by atoms with E-state index in [-0.39, 0.29) is 24.8 Å². The van der Waals surface area contributed by atoms with Crippen LogP contribution < -0.4 is 10.1 Å². The summed E-state index contributed by atoms with van der Waals surface area (Å²) in [5.74, 6) is 0.879. The molecule has 1 aromatic carbocycles. The topological polar surface area (TPSA) is 82.4 Å². The number of hydrogen-bond donors (Lipinski definition) is 1. The molecule has 2 amide bonds. The van der Waals surface area contributed by atoms with Crippen LogP contribution in [-0.2, 0) is 16.0 Å². The van der Waals surface area contributed by atoms with Crippen molar-refractivity contribution in [1.82, 2.24) is 10.2 Å². The molecule has 1 aliphatic heterocycles. The van der Waals surface area contributed by atoms with Crippen LogP contribution in [-0.4, -0.2) is 43.0 Å². The summed E-state index contributed by atoms with van der Waals surface area (Å²) in [7, 11) is 0. The second-order valence-electron chi connectivity index (χ2n) is 6.21. The number of nitrogens with one attached hydrogen (secondary N) is 1. The SMILES string of the molecule is CCc1ccccc1OCC(=O)NCC1CCN(C(=O)CC#N)CC1. The van der Waals surface area contributed by atoms with E-state index >= 15 is 0 Å². The average molecular weight is 343 g/mol. The third-order valence-corrected chi connectivity index (χ3v) is 4.50. The molecule has 0 bridgehead atoms. The molecular weight excluding hydrogens is 318 g/mol. The summed E-state index contributed by atoms with van der Waals surface area (Å²) in [4.78, 5) is 25.4. The smallest absolute Gasteiger partial charge is 0.257 e. The first-order chi connectivity index (χ1) is 12.1. The second kappa shape index (κ2) is 9.67. The number of nitriles is 1. The van der Waals surface area contributed by atoms with Crippen LogP contribution in [0.5, 0.6) is 5.75 Å². The number of hydrogen-bond acceptors (Lipinski definition) is 4. The summed E-state index contributed by atoms with van der Waals surface area (Å²) in [5, 5.41) is 11.5. The lowest BCUT2D eigenvalue weighted by Gasteiger charge is -2.31. The maximum absolute atomic E-state index is 12.0. The largest absolute Gasteiger partial charge is 0.483 e. The minimum Gasteiger partial charge on any atom is -0.483 e. The number of likely N-dealkylation sites (tertiary alicyclic amines) is 1. The van der Waals surface area contributed by atoms with Gasteiger partial charge < -0.3 is 15.0 Å². The van der Waals surface area contributed by atoms with Crippen molar-refractivity contribution in [2.45, 2.75) is 32.6 Å². The number of ether oxygens (including phenoxy) is 1. The number of aryl methyl sites for hydroxylation is 1. The first kappa shape index (κ1) is 18.8. The predicted molar refractivity (Wildman–Crippen MR) is 93.9 cm³/mol. The second-order valence-corrected chi connectivity index (χ2v) is 6.21. The summed E-state index contributed by atoms with van der Waals surface area (Å²) in [6.07, 6.45) is 2.49. The number of rotatable bonds is 7. The molecule has 1 heterocycles. The predicted octanol–water partition coefficient (Wildman–Crippen LogP) is 1.90. The maximum Gasteiger partial charge on any atom is 0.257 e. The Morgan fingerprint density at radius 1 is 1.32 bits per heavy atom. The molecule has 25 heavy (non-hydrogen) atoms. The number of para-hydroxylation sites is 1. The van der Waals surface area contributed by atoms with Crippen molar-refractivity contribution in [3.8, 4) is 11.8 Å². The Kier molecular flexibility index (Phi) is 7.27. The van der Waals surface area contributed by atoms with Crippen molar-refractivity contribution in [1.29, 1.82) is 5.26 Å². The van der Waals surface area contributed by atoms with E-state index in [4.69, 9.17) is 10.00 Å². The number of carbonyl (C=O) groups excluding carboxylic acids is 2. The van der Waals surface area contributed by atoms with E-state index in [1.165, 1.54) is 0 Å². The normalized spacial score (nSPS) is 14.6. The van der Waals surface area contributed by atoms with Crippen molar-refractivity contribution in [3.63, 3.8) is 0 Å². The highest BCUT2D eigenvalue weighted by Crippen LogP contribution is 2.18. The van der Waals surface area contributed by atoms with Crippen molar-refractivity contribution >= 4 is 11.8 Å². The molecule has 0 aromatic heterocycles. The molecule has 1 saturated heterocycles. The molecule has 6 nitrogen and oxygen atoms in total. The summed E-state index contributed by atoms with van der Waals surface area (Å²) in [6, 6.07) is 9.61. The van der Waals surface area contributed by atoms with Crippen LogP contribution in [0.3, 0.4) is 0 Å². The zero-order chi connectivity index (χ0) is 18.1. The summed E-state index contributed by atoms with van der Waals surface area (Å²) >= 11 is 0. The quantitative estimate of drug-likeness (QED) is 0.820. The number of nitrogens with zero attached hydrogens (tertiary/aromatic N) is 2. The van der Waals surface area contributed by atoms with E-state index < -0.39 is 0 Å². The maximum atomic E-state index is 12.0. The highest BCUT2D eigenvalue weighted by molar-refractivity contribution is 5.78. The van der Waals surface area contributed by atoms with E-state index in [0.29, 0.717) is 25.6 Å². The molecule has 6 heteroatoms. The molecule has 1 fully saturated rings. The number of amides is 2. The average Bonchev–Trinajstić information content (AvgIpc) is 2.65. The van der Waals surface area contributed by atoms with Gasteiger partial charge in [-0.1, -0.05) is 25.1 Å². The molecule has 134 valence electrons. The van der Waals surface area contributed by atoms with E-state index in [2.05, 4.69) is 12.2 Å². The van der Waals surface area contributed by atoms with Crippen LogP contribution in [0.2, 0.25) is 0 Å². The Balaban J connectivity index is 1.67. The number of carbonyl (C=O) groups is 2. The summed E-state index contributed by atoms with van der Waals surface area (Å²) < 4.78 is 5.61. The van der Waals surface area contributed by atoms with Gasteiger partial charge in [-0.3, -0.25) is 9.59 Å². The van der Waals surface area contributed by atoms with Gasteiger partial charge in [0.05, 0.1) is 6.07 Å². The summed E-state index contributed by atoms with van der Waals surface area (Å²) in [6.45, 7) is 3.97. The molecular formula is C19H25N3O3. The number of piperidine rings is 1. The van der Waals surface area contributed by atoms with E-state index in [1.807, 2.05) is 30.3 Å².